The molecule has 1 aliphatic rings. The summed E-state index contributed by atoms with van der Waals surface area (Å²) in [6.07, 6.45) is 2.53. The average Bonchev–Trinajstić information content (AvgIpc) is 3.09. The maximum absolute atomic E-state index is 11.8. The van der Waals surface area contributed by atoms with Crippen molar-refractivity contribution in [2.24, 2.45) is 10.2 Å². The highest BCUT2D eigenvalue weighted by Gasteiger charge is 2.20. The topological polar surface area (TPSA) is 110 Å². The van der Waals surface area contributed by atoms with Crippen molar-refractivity contribution < 1.29 is 14.0 Å². The number of nitrogens with one attached hydrogen (secondary N) is 1. The van der Waals surface area contributed by atoms with Crippen LogP contribution in [0.5, 0.6) is 0 Å². The molecule has 100 valence electrons. The van der Waals surface area contributed by atoms with Crippen LogP contribution >= 0.6 is 11.3 Å². The largest absolute Gasteiger partial charge is 0.403 e. The number of aromatic nitrogens is 2. The molecule has 0 aliphatic carbocycles. The first-order valence-corrected chi connectivity index (χ1v) is 6.46. The van der Waals surface area contributed by atoms with Gasteiger partial charge in [0.2, 0.25) is 0 Å². The normalized spacial score (nSPS) is 17.4. The number of thiophene rings is 1. The molecule has 0 aromatic carbocycles. The fourth-order valence-corrected chi connectivity index (χ4v) is 2.09. The summed E-state index contributed by atoms with van der Waals surface area (Å²) in [7, 11) is 0. The molecule has 0 saturated heterocycles. The number of hydrogen-bond acceptors (Lipinski definition) is 7. The lowest BCUT2D eigenvalue weighted by molar-refractivity contribution is -0.117. The molecule has 2 aromatic rings. The van der Waals surface area contributed by atoms with Gasteiger partial charge in [-0.2, -0.15) is 16.5 Å². The van der Waals surface area contributed by atoms with Crippen molar-refractivity contribution in [3.63, 3.8) is 0 Å². The minimum absolute atomic E-state index is 0.0308. The summed E-state index contributed by atoms with van der Waals surface area (Å²) in [6.45, 7) is 0. The lowest BCUT2D eigenvalue weighted by atomic mass is 10.2. The fraction of sp³-hybridized carbons (Fsp3) is 0.0909. The Kier molecular flexibility index (Phi) is 3.17. The molecule has 2 aromatic heterocycles. The highest BCUT2D eigenvalue weighted by molar-refractivity contribution is 7.08. The monoisotopic (exact) mass is 289 g/mol. The number of amides is 2. The van der Waals surface area contributed by atoms with Gasteiger partial charge in [-0.05, 0) is 17.5 Å². The Bertz CT molecular complexity index is 687. The molecule has 0 fully saturated rings. The minimum atomic E-state index is -0.871. The Hall–Kier alpha value is -2.68. The van der Waals surface area contributed by atoms with E-state index in [0.717, 1.165) is 5.56 Å². The summed E-state index contributed by atoms with van der Waals surface area (Å²) >= 11 is 1.50. The number of rotatable bonds is 3. The highest BCUT2D eigenvalue weighted by atomic mass is 32.1. The van der Waals surface area contributed by atoms with Gasteiger partial charge in [0.15, 0.2) is 6.04 Å². The molecule has 1 aliphatic heterocycles. The van der Waals surface area contributed by atoms with Crippen LogP contribution in [0, 0.1) is 0 Å². The van der Waals surface area contributed by atoms with E-state index in [0.29, 0.717) is 5.89 Å². The van der Waals surface area contributed by atoms with Crippen molar-refractivity contribution in [3.8, 4) is 11.5 Å². The third-order valence-electron chi connectivity index (χ3n) is 2.39. The minimum Gasteiger partial charge on any atom is -0.403 e. The molecular formula is C11H7N5O3S. The standard InChI is InChI=1S/C11H7N5O3S/c17-8-2-1-7(13-14-8)9(18)12-11-16-15-10(19-11)6-3-4-20-5-6/h1-5,7H,(H,12,16,18). The summed E-state index contributed by atoms with van der Waals surface area (Å²) in [6, 6.07) is 0.925. The van der Waals surface area contributed by atoms with Gasteiger partial charge in [0.05, 0.1) is 0 Å². The van der Waals surface area contributed by atoms with Crippen LogP contribution in [0.25, 0.3) is 11.5 Å². The second-order valence-electron chi connectivity index (χ2n) is 3.77. The molecule has 20 heavy (non-hydrogen) atoms. The Morgan fingerprint density at radius 2 is 2.30 bits per heavy atom. The zero-order chi connectivity index (χ0) is 13.9. The van der Waals surface area contributed by atoms with Crippen LogP contribution in [0.3, 0.4) is 0 Å². The molecule has 3 rings (SSSR count). The van der Waals surface area contributed by atoms with Gasteiger partial charge < -0.3 is 4.42 Å². The Labute approximate surface area is 116 Å². The number of nitrogens with zero attached hydrogens (tertiary/aromatic N) is 4. The van der Waals surface area contributed by atoms with Gasteiger partial charge in [-0.1, -0.05) is 5.10 Å². The predicted molar refractivity (Wildman–Crippen MR) is 69.0 cm³/mol. The van der Waals surface area contributed by atoms with Crippen LogP contribution in [0.15, 0.2) is 43.6 Å². The molecule has 0 spiro atoms. The molecule has 1 atom stereocenters. The van der Waals surface area contributed by atoms with Gasteiger partial charge >= 0.3 is 6.01 Å². The highest BCUT2D eigenvalue weighted by Crippen LogP contribution is 2.22. The van der Waals surface area contributed by atoms with Crippen molar-refractivity contribution in [1.82, 2.24) is 10.2 Å². The summed E-state index contributed by atoms with van der Waals surface area (Å²) in [5.41, 5.74) is 0.783. The van der Waals surface area contributed by atoms with E-state index in [1.54, 1.807) is 0 Å². The van der Waals surface area contributed by atoms with E-state index in [-0.39, 0.29) is 6.01 Å². The van der Waals surface area contributed by atoms with Gasteiger partial charge in [0.1, 0.15) is 0 Å². The summed E-state index contributed by atoms with van der Waals surface area (Å²) in [5.74, 6) is -0.679. The first kappa shape index (κ1) is 12.4. The SMILES string of the molecule is O=C1C=CC(C(=O)Nc2nnc(-c3ccsc3)o2)N=N1. The first-order chi connectivity index (χ1) is 9.72. The third-order valence-corrected chi connectivity index (χ3v) is 3.08. The number of anilines is 1. The van der Waals surface area contributed by atoms with Gasteiger partial charge in [-0.25, -0.2) is 0 Å². The Morgan fingerprint density at radius 3 is 3.00 bits per heavy atom. The molecule has 0 bridgehead atoms. The number of carbonyl (C=O) groups excluding carboxylic acids is 2. The first-order valence-electron chi connectivity index (χ1n) is 5.52. The molecule has 0 radical (unpaired) electrons. The molecule has 0 saturated carbocycles. The Morgan fingerprint density at radius 1 is 1.40 bits per heavy atom. The summed E-state index contributed by atoms with van der Waals surface area (Å²) < 4.78 is 5.30. The lowest BCUT2D eigenvalue weighted by Gasteiger charge is -2.06. The van der Waals surface area contributed by atoms with Gasteiger partial charge in [0.25, 0.3) is 17.7 Å². The van der Waals surface area contributed by atoms with Crippen LogP contribution in [0.4, 0.5) is 6.01 Å². The van der Waals surface area contributed by atoms with E-state index in [4.69, 9.17) is 4.42 Å². The van der Waals surface area contributed by atoms with E-state index in [2.05, 4.69) is 25.7 Å². The van der Waals surface area contributed by atoms with E-state index in [9.17, 15) is 9.59 Å². The van der Waals surface area contributed by atoms with Crippen LogP contribution in [0.1, 0.15) is 0 Å². The van der Waals surface area contributed by atoms with Crippen LogP contribution in [-0.4, -0.2) is 28.1 Å². The third kappa shape index (κ3) is 2.52. The Balaban J connectivity index is 1.69. The van der Waals surface area contributed by atoms with Crippen molar-refractivity contribution in [2.75, 3.05) is 5.32 Å². The van der Waals surface area contributed by atoms with Crippen molar-refractivity contribution in [2.45, 2.75) is 6.04 Å². The van der Waals surface area contributed by atoms with Crippen LogP contribution < -0.4 is 5.32 Å². The maximum Gasteiger partial charge on any atom is 0.322 e. The van der Waals surface area contributed by atoms with Crippen molar-refractivity contribution in [3.05, 3.63) is 29.0 Å². The number of hydrogen-bond donors (Lipinski definition) is 1. The zero-order valence-corrected chi connectivity index (χ0v) is 10.7. The molecule has 2 amide bonds. The maximum atomic E-state index is 11.8. The molecule has 1 N–H and O–H groups in total. The predicted octanol–water partition coefficient (Wildman–Crippen LogP) is 1.65. The van der Waals surface area contributed by atoms with Crippen LogP contribution in [-0.2, 0) is 9.59 Å². The molecule has 3 heterocycles. The zero-order valence-electron chi connectivity index (χ0n) is 9.89. The fourth-order valence-electron chi connectivity index (χ4n) is 1.46. The molecule has 9 heteroatoms. The molecular weight excluding hydrogens is 282 g/mol. The number of carbonyl (C=O) groups is 2. The smallest absolute Gasteiger partial charge is 0.322 e. The number of azo groups is 1. The second-order valence-corrected chi connectivity index (χ2v) is 4.55. The van der Waals surface area contributed by atoms with Gasteiger partial charge in [-0.3, -0.25) is 14.9 Å². The van der Waals surface area contributed by atoms with Gasteiger partial charge in [-0.15, -0.1) is 10.2 Å². The average molecular weight is 289 g/mol. The summed E-state index contributed by atoms with van der Waals surface area (Å²) in [4.78, 5) is 22.6. The van der Waals surface area contributed by atoms with E-state index in [1.165, 1.54) is 23.5 Å². The second kappa shape index (κ2) is 5.13. The van der Waals surface area contributed by atoms with E-state index >= 15 is 0 Å². The molecule has 1 unspecified atom stereocenters. The lowest BCUT2D eigenvalue weighted by Crippen LogP contribution is -2.26. The molecule has 8 nitrogen and oxygen atoms in total. The van der Waals surface area contributed by atoms with E-state index < -0.39 is 17.9 Å². The van der Waals surface area contributed by atoms with Crippen molar-refractivity contribution in [1.29, 1.82) is 0 Å². The van der Waals surface area contributed by atoms with Crippen LogP contribution in [0.2, 0.25) is 0 Å². The van der Waals surface area contributed by atoms with E-state index in [1.807, 2.05) is 16.8 Å². The quantitative estimate of drug-likeness (QED) is 0.923. The van der Waals surface area contributed by atoms with Gasteiger partial charge in [0, 0.05) is 17.0 Å². The van der Waals surface area contributed by atoms with Crippen molar-refractivity contribution >= 4 is 29.2 Å². The summed E-state index contributed by atoms with van der Waals surface area (Å²) in [5, 5.41) is 20.5.